The van der Waals surface area contributed by atoms with Gasteiger partial charge in [-0.05, 0) is 30.2 Å². The lowest BCUT2D eigenvalue weighted by Crippen LogP contribution is -2.03. The van der Waals surface area contributed by atoms with Crippen LogP contribution in [0.5, 0.6) is 5.75 Å². The van der Waals surface area contributed by atoms with Gasteiger partial charge in [0.1, 0.15) is 23.7 Å². The van der Waals surface area contributed by atoms with E-state index in [1.54, 1.807) is 24.5 Å². The van der Waals surface area contributed by atoms with E-state index in [0.717, 1.165) is 21.6 Å². The quantitative estimate of drug-likeness (QED) is 0.349. The van der Waals surface area contributed by atoms with Crippen molar-refractivity contribution in [1.29, 1.82) is 0 Å². The van der Waals surface area contributed by atoms with Gasteiger partial charge in [0.2, 0.25) is 0 Å². The molecule has 4 aromatic rings. The van der Waals surface area contributed by atoms with Gasteiger partial charge in [-0.15, -0.1) is 11.3 Å². The van der Waals surface area contributed by atoms with Crippen LogP contribution in [0.1, 0.15) is 20.8 Å². The molecule has 2 aromatic heterocycles. The molecule has 4 rings (SSSR count). The summed E-state index contributed by atoms with van der Waals surface area (Å²) in [5, 5.41) is 1.63. The van der Waals surface area contributed by atoms with E-state index >= 15 is 0 Å². The zero-order chi connectivity index (χ0) is 20.5. The highest BCUT2D eigenvalue weighted by Crippen LogP contribution is 2.36. The number of rotatable bonds is 5. The van der Waals surface area contributed by atoms with E-state index in [0.29, 0.717) is 32.8 Å². The molecule has 5 nitrogen and oxygen atoms in total. The second-order valence-corrected chi connectivity index (χ2v) is 8.20. The van der Waals surface area contributed by atoms with E-state index in [2.05, 4.69) is 4.98 Å². The maximum atomic E-state index is 12.3. The van der Waals surface area contributed by atoms with E-state index in [9.17, 15) is 4.79 Å². The molecule has 0 radical (unpaired) electrons. The zero-order valence-electron chi connectivity index (χ0n) is 15.6. The molecule has 2 heterocycles. The Kier molecular flexibility index (Phi) is 5.50. The summed E-state index contributed by atoms with van der Waals surface area (Å²) >= 11 is 13.5. The van der Waals surface area contributed by atoms with Crippen molar-refractivity contribution in [1.82, 2.24) is 9.55 Å². The second kappa shape index (κ2) is 8.06. The first-order valence-electron chi connectivity index (χ1n) is 8.70. The minimum Gasteiger partial charge on any atom is -0.487 e. The Morgan fingerprint density at radius 2 is 1.93 bits per heavy atom. The van der Waals surface area contributed by atoms with Crippen molar-refractivity contribution < 1.29 is 14.3 Å². The summed E-state index contributed by atoms with van der Waals surface area (Å²) in [6.07, 6.45) is 1.66. The predicted octanol–water partition coefficient (Wildman–Crippen LogP) is 6.07. The molecule has 8 heteroatoms. The summed E-state index contributed by atoms with van der Waals surface area (Å²) in [5.41, 5.74) is 3.65. The van der Waals surface area contributed by atoms with Crippen LogP contribution in [0.3, 0.4) is 0 Å². The maximum Gasteiger partial charge on any atom is 0.351 e. The third-order valence-corrected chi connectivity index (χ3v) is 6.34. The number of hydrogen-bond donors (Lipinski definition) is 0. The van der Waals surface area contributed by atoms with E-state index in [4.69, 9.17) is 32.7 Å². The van der Waals surface area contributed by atoms with Gasteiger partial charge in [0.15, 0.2) is 4.88 Å². The van der Waals surface area contributed by atoms with Crippen molar-refractivity contribution in [2.45, 2.75) is 13.5 Å². The van der Waals surface area contributed by atoms with Crippen molar-refractivity contribution in [3.05, 3.63) is 74.8 Å². The number of imidazole rings is 1. The highest BCUT2D eigenvalue weighted by molar-refractivity contribution is 7.16. The molecule has 0 saturated carbocycles. The van der Waals surface area contributed by atoms with Crippen molar-refractivity contribution in [2.75, 3.05) is 7.11 Å². The van der Waals surface area contributed by atoms with Gasteiger partial charge in [0, 0.05) is 6.07 Å². The molecule has 0 aliphatic rings. The second-order valence-electron chi connectivity index (χ2n) is 6.35. The molecule has 0 atom stereocenters. The molecule has 0 N–H and O–H groups in total. The average Bonchev–Trinajstić information content (AvgIpc) is 3.31. The van der Waals surface area contributed by atoms with Crippen LogP contribution in [0.25, 0.3) is 16.0 Å². The van der Waals surface area contributed by atoms with Crippen LogP contribution in [0.2, 0.25) is 10.0 Å². The molecular weight excluding hydrogens is 431 g/mol. The number of carbonyl (C=O) groups is 1. The number of hydrogen-bond acceptors (Lipinski definition) is 5. The average molecular weight is 447 g/mol. The first kappa shape index (κ1) is 19.8. The number of halogens is 2. The van der Waals surface area contributed by atoms with Gasteiger partial charge in [0.05, 0.1) is 28.2 Å². The van der Waals surface area contributed by atoms with Crippen molar-refractivity contribution in [3.63, 3.8) is 0 Å². The van der Waals surface area contributed by atoms with E-state index in [1.807, 2.05) is 35.8 Å². The molecule has 0 aliphatic heterocycles. The molecule has 0 spiro atoms. The Morgan fingerprint density at radius 3 is 2.69 bits per heavy atom. The van der Waals surface area contributed by atoms with Crippen LogP contribution in [-0.4, -0.2) is 22.6 Å². The van der Waals surface area contributed by atoms with Gasteiger partial charge in [-0.25, -0.2) is 9.78 Å². The number of benzene rings is 2. The van der Waals surface area contributed by atoms with Crippen LogP contribution in [0, 0.1) is 6.92 Å². The van der Waals surface area contributed by atoms with Crippen LogP contribution < -0.4 is 4.74 Å². The summed E-state index contributed by atoms with van der Waals surface area (Å²) in [6.45, 7) is 2.37. The predicted molar refractivity (Wildman–Crippen MR) is 116 cm³/mol. The number of fused-ring (bicyclic) bond motifs is 1. The number of ether oxygens (including phenoxy) is 2. The van der Waals surface area contributed by atoms with E-state index < -0.39 is 5.97 Å². The fourth-order valence-corrected chi connectivity index (χ4v) is 4.25. The molecular formula is C21H16Cl2N2O3S. The number of aromatic nitrogens is 2. The summed E-state index contributed by atoms with van der Waals surface area (Å²) in [5.74, 6) is 0.00791. The standard InChI is InChI=1S/C21H16Cl2N2O3S/c1-12-5-3-4-6-13(12)10-28-18-9-19(29-20(18)21(26)27-2)25-11-24-16-7-14(22)15(23)8-17(16)25/h3-9,11H,10H2,1-2H3. The minimum atomic E-state index is -0.452. The Morgan fingerprint density at radius 1 is 1.17 bits per heavy atom. The van der Waals surface area contributed by atoms with Gasteiger partial charge in [-0.1, -0.05) is 47.5 Å². The monoisotopic (exact) mass is 446 g/mol. The smallest absolute Gasteiger partial charge is 0.351 e. The number of nitrogens with zero attached hydrogens (tertiary/aromatic N) is 2. The van der Waals surface area contributed by atoms with Crippen LogP contribution in [0.4, 0.5) is 0 Å². The molecule has 0 saturated heterocycles. The van der Waals surface area contributed by atoms with Gasteiger partial charge >= 0.3 is 5.97 Å². The van der Waals surface area contributed by atoms with E-state index in [1.165, 1.54) is 18.4 Å². The molecule has 2 aromatic carbocycles. The third-order valence-electron chi connectivity index (χ3n) is 4.53. The lowest BCUT2D eigenvalue weighted by atomic mass is 10.1. The summed E-state index contributed by atoms with van der Waals surface area (Å²) in [6, 6.07) is 13.2. The zero-order valence-corrected chi connectivity index (χ0v) is 17.9. The van der Waals surface area contributed by atoms with Crippen molar-refractivity contribution in [2.24, 2.45) is 0 Å². The van der Waals surface area contributed by atoms with Crippen LogP contribution >= 0.6 is 34.5 Å². The number of methoxy groups -OCH3 is 1. The van der Waals surface area contributed by atoms with Gasteiger partial charge in [0.25, 0.3) is 0 Å². The Balaban J connectivity index is 1.73. The lowest BCUT2D eigenvalue weighted by Gasteiger charge is -2.08. The normalized spacial score (nSPS) is 11.0. The van der Waals surface area contributed by atoms with Gasteiger partial charge in [-0.3, -0.25) is 4.57 Å². The number of esters is 1. The van der Waals surface area contributed by atoms with Gasteiger partial charge < -0.3 is 9.47 Å². The lowest BCUT2D eigenvalue weighted by molar-refractivity contribution is 0.0601. The largest absolute Gasteiger partial charge is 0.487 e. The Bertz CT molecular complexity index is 1220. The molecule has 0 fully saturated rings. The summed E-state index contributed by atoms with van der Waals surface area (Å²) in [7, 11) is 1.35. The Hall–Kier alpha value is -2.54. The molecule has 0 aliphatic carbocycles. The number of aryl methyl sites for hydroxylation is 1. The van der Waals surface area contributed by atoms with Crippen LogP contribution in [0.15, 0.2) is 48.8 Å². The van der Waals surface area contributed by atoms with Gasteiger partial charge in [-0.2, -0.15) is 0 Å². The maximum absolute atomic E-state index is 12.3. The first-order valence-corrected chi connectivity index (χ1v) is 10.3. The third kappa shape index (κ3) is 3.83. The molecule has 0 bridgehead atoms. The SMILES string of the molecule is COC(=O)c1sc(-n2cnc3cc(Cl)c(Cl)cc32)cc1OCc1ccccc1C. The van der Waals surface area contributed by atoms with Crippen molar-refractivity contribution in [3.8, 4) is 10.8 Å². The molecule has 0 unspecified atom stereocenters. The topological polar surface area (TPSA) is 53.4 Å². The highest BCUT2D eigenvalue weighted by atomic mass is 35.5. The molecule has 0 amide bonds. The Labute approximate surface area is 181 Å². The minimum absolute atomic E-state index is 0.346. The number of thiophene rings is 1. The fourth-order valence-electron chi connectivity index (χ4n) is 2.93. The van der Waals surface area contributed by atoms with Crippen LogP contribution in [-0.2, 0) is 11.3 Å². The first-order chi connectivity index (χ1) is 14.0. The summed E-state index contributed by atoms with van der Waals surface area (Å²) < 4.78 is 12.8. The summed E-state index contributed by atoms with van der Waals surface area (Å²) in [4.78, 5) is 17.1. The fraction of sp³-hybridized carbons (Fsp3) is 0.143. The highest BCUT2D eigenvalue weighted by Gasteiger charge is 2.21. The molecule has 148 valence electrons. The molecule has 29 heavy (non-hydrogen) atoms. The number of carbonyl (C=O) groups excluding carboxylic acids is 1. The van der Waals surface area contributed by atoms with E-state index in [-0.39, 0.29) is 0 Å². The van der Waals surface area contributed by atoms with Crippen molar-refractivity contribution >= 4 is 51.5 Å².